The molecule has 1 saturated heterocycles. The number of benzene rings is 1. The summed E-state index contributed by atoms with van der Waals surface area (Å²) < 4.78 is 0. The normalized spacial score (nSPS) is 40.3. The molecule has 4 aliphatic carbocycles. The van der Waals surface area contributed by atoms with Gasteiger partial charge in [-0.15, -0.1) is 0 Å². The number of rotatable bonds is 2. The van der Waals surface area contributed by atoms with Gasteiger partial charge >= 0.3 is 0 Å². The molecule has 2 heteroatoms. The van der Waals surface area contributed by atoms with Crippen molar-refractivity contribution < 1.29 is 4.79 Å². The maximum Gasteiger partial charge on any atom is 0.229 e. The molecule has 1 heterocycles. The number of carbonyl (C=O) groups excluding carboxylic acids is 1. The molecule has 1 amide bonds. The first-order valence-corrected chi connectivity index (χ1v) is 10.0. The predicted octanol–water partition coefficient (Wildman–Crippen LogP) is 4.87. The molecule has 1 aromatic carbocycles. The van der Waals surface area contributed by atoms with E-state index in [0.717, 1.165) is 37.1 Å². The number of nitrogens with zero attached hydrogens (tertiary/aromatic N) is 1. The molecule has 1 atom stereocenters. The van der Waals surface area contributed by atoms with E-state index in [1.165, 1.54) is 49.7 Å². The largest absolute Gasteiger partial charge is 0.335 e. The van der Waals surface area contributed by atoms with Gasteiger partial charge in [-0.25, -0.2) is 0 Å². The van der Waals surface area contributed by atoms with Gasteiger partial charge in [-0.2, -0.15) is 0 Å². The van der Waals surface area contributed by atoms with Gasteiger partial charge in [0, 0.05) is 6.54 Å². The Morgan fingerprint density at radius 3 is 2.17 bits per heavy atom. The molecule has 1 aliphatic heterocycles. The van der Waals surface area contributed by atoms with Gasteiger partial charge in [0.2, 0.25) is 5.91 Å². The third-order valence-electron chi connectivity index (χ3n) is 7.47. The van der Waals surface area contributed by atoms with E-state index in [9.17, 15) is 4.79 Å². The van der Waals surface area contributed by atoms with Crippen molar-refractivity contribution in [2.75, 3.05) is 6.54 Å². The molecule has 0 spiro atoms. The van der Waals surface area contributed by atoms with Crippen molar-refractivity contribution in [1.29, 1.82) is 0 Å². The van der Waals surface area contributed by atoms with Crippen LogP contribution in [0.2, 0.25) is 0 Å². The lowest BCUT2D eigenvalue weighted by molar-refractivity contribution is -0.158. The Bertz CT molecular complexity index is 611. The minimum atomic E-state index is 0.0159. The Labute approximate surface area is 145 Å². The van der Waals surface area contributed by atoms with Crippen LogP contribution in [-0.4, -0.2) is 17.4 Å². The highest BCUT2D eigenvalue weighted by Gasteiger charge is 2.56. The zero-order valence-corrected chi connectivity index (χ0v) is 14.8. The summed E-state index contributed by atoms with van der Waals surface area (Å²) in [6.07, 6.45) is 10.1. The minimum Gasteiger partial charge on any atom is -0.335 e. The van der Waals surface area contributed by atoms with E-state index in [1.807, 2.05) is 0 Å². The van der Waals surface area contributed by atoms with Crippen LogP contribution in [0.3, 0.4) is 0 Å². The van der Waals surface area contributed by atoms with E-state index in [-0.39, 0.29) is 5.41 Å². The molecule has 128 valence electrons. The zero-order chi connectivity index (χ0) is 16.3. The second-order valence-corrected chi connectivity index (χ2v) is 9.27. The first-order valence-electron chi connectivity index (χ1n) is 10.0. The van der Waals surface area contributed by atoms with Crippen LogP contribution in [0, 0.1) is 30.1 Å². The second-order valence-electron chi connectivity index (χ2n) is 9.27. The van der Waals surface area contributed by atoms with Crippen molar-refractivity contribution in [2.45, 2.75) is 64.3 Å². The highest BCUT2D eigenvalue weighted by molar-refractivity contribution is 5.84. The summed E-state index contributed by atoms with van der Waals surface area (Å²) >= 11 is 0. The van der Waals surface area contributed by atoms with Gasteiger partial charge in [-0.3, -0.25) is 4.79 Å². The summed E-state index contributed by atoms with van der Waals surface area (Å²) in [5, 5.41) is 0. The summed E-state index contributed by atoms with van der Waals surface area (Å²) in [6.45, 7) is 3.11. The van der Waals surface area contributed by atoms with Crippen molar-refractivity contribution in [3.8, 4) is 0 Å². The summed E-state index contributed by atoms with van der Waals surface area (Å²) in [5.41, 5.74) is 2.66. The van der Waals surface area contributed by atoms with E-state index >= 15 is 0 Å². The summed E-state index contributed by atoms with van der Waals surface area (Å²) in [6, 6.07) is 9.20. The molecule has 5 fully saturated rings. The first-order chi connectivity index (χ1) is 11.6. The Balaban J connectivity index is 1.43. The van der Waals surface area contributed by atoms with Crippen molar-refractivity contribution in [3.63, 3.8) is 0 Å². The van der Waals surface area contributed by atoms with E-state index in [1.54, 1.807) is 0 Å². The lowest BCUT2D eigenvalue weighted by Crippen LogP contribution is -2.54. The van der Waals surface area contributed by atoms with Crippen LogP contribution >= 0.6 is 0 Å². The fourth-order valence-electron chi connectivity index (χ4n) is 6.82. The smallest absolute Gasteiger partial charge is 0.229 e. The van der Waals surface area contributed by atoms with Crippen molar-refractivity contribution in [1.82, 2.24) is 4.90 Å². The molecule has 4 saturated carbocycles. The predicted molar refractivity (Wildman–Crippen MR) is 95.5 cm³/mol. The molecular formula is C22H29NO. The van der Waals surface area contributed by atoms with Gasteiger partial charge < -0.3 is 4.90 Å². The number of amides is 1. The minimum absolute atomic E-state index is 0.0159. The Morgan fingerprint density at radius 1 is 1.00 bits per heavy atom. The Hall–Kier alpha value is -1.31. The third-order valence-corrected chi connectivity index (χ3v) is 7.47. The summed E-state index contributed by atoms with van der Waals surface area (Å²) in [7, 11) is 0. The van der Waals surface area contributed by atoms with Crippen molar-refractivity contribution in [2.24, 2.45) is 23.2 Å². The Morgan fingerprint density at radius 2 is 1.58 bits per heavy atom. The van der Waals surface area contributed by atoms with E-state index in [4.69, 9.17) is 0 Å². The monoisotopic (exact) mass is 323 g/mol. The third kappa shape index (κ3) is 2.25. The molecular weight excluding hydrogens is 294 g/mol. The maximum absolute atomic E-state index is 13.7. The topological polar surface area (TPSA) is 20.3 Å². The summed E-state index contributed by atoms with van der Waals surface area (Å²) in [5.74, 6) is 3.06. The van der Waals surface area contributed by atoms with Crippen LogP contribution in [0.1, 0.15) is 68.5 Å². The molecule has 2 nitrogen and oxygen atoms in total. The Kier molecular flexibility index (Phi) is 3.34. The van der Waals surface area contributed by atoms with E-state index < -0.39 is 0 Å². The highest BCUT2D eigenvalue weighted by atomic mass is 16.2. The molecule has 0 radical (unpaired) electrons. The maximum atomic E-state index is 13.7. The average molecular weight is 323 g/mol. The van der Waals surface area contributed by atoms with E-state index in [0.29, 0.717) is 11.9 Å². The number of likely N-dealkylation sites (tertiary alicyclic amines) is 1. The van der Waals surface area contributed by atoms with Crippen molar-refractivity contribution in [3.05, 3.63) is 35.4 Å². The highest BCUT2D eigenvalue weighted by Crippen LogP contribution is 2.61. The summed E-state index contributed by atoms with van der Waals surface area (Å²) in [4.78, 5) is 16.0. The fraction of sp³-hybridized carbons (Fsp3) is 0.682. The van der Waals surface area contributed by atoms with Gasteiger partial charge in [0.1, 0.15) is 0 Å². The van der Waals surface area contributed by atoms with Crippen molar-refractivity contribution >= 4 is 5.91 Å². The zero-order valence-electron chi connectivity index (χ0n) is 14.8. The van der Waals surface area contributed by atoms with Crippen LogP contribution in [0.15, 0.2) is 24.3 Å². The average Bonchev–Trinajstić information content (AvgIpc) is 3.03. The van der Waals surface area contributed by atoms with Crippen LogP contribution in [0.4, 0.5) is 0 Å². The number of aryl methyl sites for hydroxylation is 1. The second kappa shape index (κ2) is 5.34. The lowest BCUT2D eigenvalue weighted by atomic mass is 9.49. The first kappa shape index (κ1) is 15.0. The molecule has 1 unspecified atom stereocenters. The molecule has 24 heavy (non-hydrogen) atoms. The van der Waals surface area contributed by atoms with Crippen LogP contribution in [0.25, 0.3) is 0 Å². The van der Waals surface area contributed by atoms with Gasteiger partial charge in [0.15, 0.2) is 0 Å². The molecule has 0 N–H and O–H groups in total. The van der Waals surface area contributed by atoms with Crippen LogP contribution in [0.5, 0.6) is 0 Å². The molecule has 1 aromatic rings. The standard InChI is InChI=1S/C22H29NO/c1-15-4-6-19(7-5-15)20-3-2-8-23(20)21(24)22-12-16-9-17(13-22)11-18(10-16)14-22/h4-7,16-18,20H,2-3,8-14H2,1H3. The number of hydrogen-bond acceptors (Lipinski definition) is 1. The quantitative estimate of drug-likeness (QED) is 0.760. The van der Waals surface area contributed by atoms with Gasteiger partial charge in [0.05, 0.1) is 11.5 Å². The van der Waals surface area contributed by atoms with Crippen LogP contribution in [-0.2, 0) is 4.79 Å². The lowest BCUT2D eigenvalue weighted by Gasteiger charge is -2.56. The molecule has 6 rings (SSSR count). The molecule has 5 aliphatic rings. The molecule has 4 bridgehead atoms. The van der Waals surface area contributed by atoms with E-state index in [2.05, 4.69) is 36.1 Å². The van der Waals surface area contributed by atoms with Gasteiger partial charge in [-0.1, -0.05) is 29.8 Å². The fourth-order valence-corrected chi connectivity index (χ4v) is 6.82. The van der Waals surface area contributed by atoms with Crippen LogP contribution < -0.4 is 0 Å². The number of carbonyl (C=O) groups is 1. The van der Waals surface area contributed by atoms with Gasteiger partial charge in [0.25, 0.3) is 0 Å². The van der Waals surface area contributed by atoms with Gasteiger partial charge in [-0.05, 0) is 81.6 Å². The molecule has 0 aromatic heterocycles. The number of hydrogen-bond donors (Lipinski definition) is 0. The SMILES string of the molecule is Cc1ccc(C2CCCN2C(=O)C23CC4CC(CC(C4)C2)C3)cc1.